The fourth-order valence-electron chi connectivity index (χ4n) is 3.80. The van der Waals surface area contributed by atoms with Crippen molar-refractivity contribution in [3.05, 3.63) is 72.6 Å². The van der Waals surface area contributed by atoms with E-state index >= 15 is 0 Å². The van der Waals surface area contributed by atoms with Crippen LogP contribution in [0.1, 0.15) is 31.4 Å². The third-order valence-electron chi connectivity index (χ3n) is 5.64. The minimum Gasteiger partial charge on any atom is -0.349 e. The number of sulfonamides is 1. The lowest BCUT2D eigenvalue weighted by Gasteiger charge is -2.32. The molecule has 2 atom stereocenters. The van der Waals surface area contributed by atoms with Gasteiger partial charge in [0.2, 0.25) is 15.9 Å². The Bertz CT molecular complexity index is 1170. The molecule has 10 heteroatoms. The summed E-state index contributed by atoms with van der Waals surface area (Å²) < 4.78 is 41.9. The van der Waals surface area contributed by atoms with E-state index in [4.69, 9.17) is 0 Å². The molecule has 1 aromatic heterocycles. The molecule has 8 nitrogen and oxygen atoms in total. The molecule has 1 aliphatic heterocycles. The molecule has 1 amide bonds. The van der Waals surface area contributed by atoms with Gasteiger partial charge in [-0.2, -0.15) is 9.40 Å². The lowest BCUT2D eigenvalue weighted by molar-refractivity contribution is -0.126. The molecule has 1 aliphatic rings. The quantitative estimate of drug-likeness (QED) is 0.614. The molecule has 0 bridgehead atoms. The first-order chi connectivity index (χ1) is 15.3. The lowest BCUT2D eigenvalue weighted by Crippen LogP contribution is -2.45. The minimum absolute atomic E-state index is 0.0285. The van der Waals surface area contributed by atoms with Crippen molar-refractivity contribution in [2.75, 3.05) is 13.1 Å². The normalized spacial score (nSPS) is 18.2. The Hall–Kier alpha value is -3.11. The fourth-order valence-corrected chi connectivity index (χ4v) is 5.33. The molecule has 0 unspecified atom stereocenters. The van der Waals surface area contributed by atoms with Crippen LogP contribution in [0.5, 0.6) is 0 Å². The average Bonchev–Trinajstić information content (AvgIpc) is 3.34. The number of carbonyl (C=O) groups is 1. The highest BCUT2D eigenvalue weighted by molar-refractivity contribution is 7.89. The van der Waals surface area contributed by atoms with Gasteiger partial charge in [-0.05, 0) is 61.7 Å². The molecule has 0 spiro atoms. The van der Waals surface area contributed by atoms with Gasteiger partial charge in [-0.1, -0.05) is 12.1 Å². The highest BCUT2D eigenvalue weighted by Gasteiger charge is 2.33. The number of halogens is 1. The second-order valence-corrected chi connectivity index (χ2v) is 9.76. The number of rotatable bonds is 6. The van der Waals surface area contributed by atoms with E-state index in [0.717, 1.165) is 23.4 Å². The predicted octanol–water partition coefficient (Wildman–Crippen LogP) is 2.68. The molecule has 4 rings (SSSR count). The molecule has 1 saturated heterocycles. The first-order valence-corrected chi connectivity index (χ1v) is 11.8. The zero-order valence-electron chi connectivity index (χ0n) is 17.6. The average molecular weight is 458 g/mol. The van der Waals surface area contributed by atoms with Crippen LogP contribution in [0.15, 0.2) is 66.1 Å². The Morgan fingerprint density at radius 2 is 1.88 bits per heavy atom. The highest BCUT2D eigenvalue weighted by atomic mass is 32.2. The summed E-state index contributed by atoms with van der Waals surface area (Å²) in [5.41, 5.74) is 1.78. The van der Waals surface area contributed by atoms with Crippen molar-refractivity contribution in [1.29, 1.82) is 0 Å². The standard InChI is InChI=1S/C22H24FN5O3S/c1-16(17-4-8-20(9-5-17)28-15-24-14-25-28)26-22(29)18-3-2-12-27(13-18)32(30,31)21-10-6-19(23)7-11-21/h4-11,14-16,18H,2-3,12-13H2,1H3,(H,26,29)/t16-,18-/m0/s1. The number of aromatic nitrogens is 3. The maximum atomic E-state index is 13.2. The molecule has 0 saturated carbocycles. The molecular weight excluding hydrogens is 433 g/mol. The largest absolute Gasteiger partial charge is 0.349 e. The van der Waals surface area contributed by atoms with Gasteiger partial charge in [-0.3, -0.25) is 4.79 Å². The third-order valence-corrected chi connectivity index (χ3v) is 7.52. The summed E-state index contributed by atoms with van der Waals surface area (Å²) in [5, 5.41) is 7.08. The summed E-state index contributed by atoms with van der Waals surface area (Å²) >= 11 is 0. The SMILES string of the molecule is C[C@H](NC(=O)[C@H]1CCCN(S(=O)(=O)c2ccc(F)cc2)C1)c1ccc(-n2cncn2)cc1. The van der Waals surface area contributed by atoms with Gasteiger partial charge in [-0.15, -0.1) is 0 Å². The molecular formula is C22H24FN5O3S. The van der Waals surface area contributed by atoms with E-state index in [1.807, 2.05) is 31.2 Å². The van der Waals surface area contributed by atoms with Crippen LogP contribution < -0.4 is 5.32 Å². The molecule has 0 aliphatic carbocycles. The van der Waals surface area contributed by atoms with Crippen LogP contribution in [0, 0.1) is 11.7 Å². The molecule has 168 valence electrons. The monoisotopic (exact) mass is 457 g/mol. The van der Waals surface area contributed by atoms with Crippen LogP contribution in [0.25, 0.3) is 5.69 Å². The van der Waals surface area contributed by atoms with Crippen molar-refractivity contribution in [1.82, 2.24) is 24.4 Å². The summed E-state index contributed by atoms with van der Waals surface area (Å²) in [6, 6.07) is 12.1. The van der Waals surface area contributed by atoms with Crippen LogP contribution >= 0.6 is 0 Å². The maximum absolute atomic E-state index is 13.2. The smallest absolute Gasteiger partial charge is 0.243 e. The number of benzene rings is 2. The van der Waals surface area contributed by atoms with Gasteiger partial charge in [0.25, 0.3) is 0 Å². The van der Waals surface area contributed by atoms with Crippen molar-refractivity contribution in [3.63, 3.8) is 0 Å². The summed E-state index contributed by atoms with van der Waals surface area (Å²) in [7, 11) is -3.78. The summed E-state index contributed by atoms with van der Waals surface area (Å²) in [4.78, 5) is 16.8. The van der Waals surface area contributed by atoms with Crippen LogP contribution in [0.3, 0.4) is 0 Å². The van der Waals surface area contributed by atoms with E-state index in [1.165, 1.54) is 22.8 Å². The van der Waals surface area contributed by atoms with Crippen molar-refractivity contribution >= 4 is 15.9 Å². The van der Waals surface area contributed by atoms with Gasteiger partial charge in [-0.25, -0.2) is 22.5 Å². The van der Waals surface area contributed by atoms with Crippen molar-refractivity contribution in [3.8, 4) is 5.69 Å². The molecule has 0 radical (unpaired) electrons. The zero-order chi connectivity index (χ0) is 22.7. The fraction of sp³-hybridized carbons (Fsp3) is 0.318. The van der Waals surface area contributed by atoms with E-state index < -0.39 is 21.8 Å². The van der Waals surface area contributed by atoms with Crippen LogP contribution in [0.4, 0.5) is 4.39 Å². The maximum Gasteiger partial charge on any atom is 0.243 e. The van der Waals surface area contributed by atoms with E-state index in [2.05, 4.69) is 15.4 Å². The summed E-state index contributed by atoms with van der Waals surface area (Å²) in [5.74, 6) is -1.13. The first-order valence-electron chi connectivity index (χ1n) is 10.4. The molecule has 1 fully saturated rings. The van der Waals surface area contributed by atoms with Gasteiger partial charge in [0.1, 0.15) is 18.5 Å². The van der Waals surface area contributed by atoms with Gasteiger partial charge in [0.05, 0.1) is 22.5 Å². The number of amides is 1. The molecule has 2 aromatic carbocycles. The first kappa shape index (κ1) is 22.1. The minimum atomic E-state index is -3.78. The van der Waals surface area contributed by atoms with E-state index in [0.29, 0.717) is 19.4 Å². The number of nitrogens with zero attached hydrogens (tertiary/aromatic N) is 4. The van der Waals surface area contributed by atoms with Gasteiger partial charge in [0.15, 0.2) is 0 Å². The summed E-state index contributed by atoms with van der Waals surface area (Å²) in [6.45, 7) is 2.32. The van der Waals surface area contributed by atoms with Gasteiger partial charge < -0.3 is 5.32 Å². The predicted molar refractivity (Wildman–Crippen MR) is 116 cm³/mol. The van der Waals surface area contributed by atoms with Crippen LogP contribution in [0.2, 0.25) is 0 Å². The summed E-state index contributed by atoms with van der Waals surface area (Å²) in [6.07, 6.45) is 4.26. The zero-order valence-corrected chi connectivity index (χ0v) is 18.4. The number of piperidine rings is 1. The molecule has 3 aromatic rings. The Morgan fingerprint density at radius 3 is 2.53 bits per heavy atom. The Kier molecular flexibility index (Phi) is 6.33. The topological polar surface area (TPSA) is 97.2 Å². The number of nitrogens with one attached hydrogen (secondary N) is 1. The number of hydrogen-bond donors (Lipinski definition) is 1. The Balaban J connectivity index is 1.40. The number of hydrogen-bond acceptors (Lipinski definition) is 5. The Labute approximate surface area is 186 Å². The third kappa shape index (κ3) is 4.71. The Morgan fingerprint density at radius 1 is 1.16 bits per heavy atom. The van der Waals surface area contributed by atoms with Crippen LogP contribution in [-0.2, 0) is 14.8 Å². The van der Waals surface area contributed by atoms with Gasteiger partial charge in [0, 0.05) is 13.1 Å². The molecule has 32 heavy (non-hydrogen) atoms. The highest BCUT2D eigenvalue weighted by Crippen LogP contribution is 2.25. The van der Waals surface area contributed by atoms with Crippen molar-refractivity contribution in [2.45, 2.75) is 30.7 Å². The molecule has 2 heterocycles. The lowest BCUT2D eigenvalue weighted by atomic mass is 9.98. The second kappa shape index (κ2) is 9.17. The molecule has 1 N–H and O–H groups in total. The van der Waals surface area contributed by atoms with Crippen LogP contribution in [-0.4, -0.2) is 46.5 Å². The van der Waals surface area contributed by atoms with Crippen molar-refractivity contribution in [2.24, 2.45) is 5.92 Å². The number of carbonyl (C=O) groups excluding carboxylic acids is 1. The van der Waals surface area contributed by atoms with E-state index in [1.54, 1.807) is 11.0 Å². The van der Waals surface area contributed by atoms with Gasteiger partial charge >= 0.3 is 0 Å². The van der Waals surface area contributed by atoms with E-state index in [9.17, 15) is 17.6 Å². The van der Waals surface area contributed by atoms with Crippen molar-refractivity contribution < 1.29 is 17.6 Å². The van der Waals surface area contributed by atoms with E-state index in [-0.39, 0.29) is 23.4 Å². The second-order valence-electron chi connectivity index (χ2n) is 7.82.